The lowest BCUT2D eigenvalue weighted by atomic mass is 9.99. The third kappa shape index (κ3) is 8.72. The second-order valence-electron chi connectivity index (χ2n) is 8.56. The normalized spacial score (nSPS) is 24.0. The van der Waals surface area contributed by atoms with Crippen LogP contribution in [-0.4, -0.2) is 75.2 Å². The molecule has 2 heterocycles. The van der Waals surface area contributed by atoms with E-state index in [1.54, 1.807) is 0 Å². The molecule has 1 atom stereocenters. The highest BCUT2D eigenvalue weighted by atomic mass is 15.2. The Kier molecular flexibility index (Phi) is 10.4. The average molecular weight is 366 g/mol. The van der Waals surface area contributed by atoms with Crippen molar-refractivity contribution in [3.8, 4) is 0 Å². The first kappa shape index (κ1) is 21.5. The van der Waals surface area contributed by atoms with Crippen molar-refractivity contribution >= 4 is 5.96 Å². The summed E-state index contributed by atoms with van der Waals surface area (Å²) in [7, 11) is 1.87. The predicted octanol–water partition coefficient (Wildman–Crippen LogP) is 2.79. The van der Waals surface area contributed by atoms with Gasteiger partial charge >= 0.3 is 0 Å². The Morgan fingerprint density at radius 1 is 0.846 bits per heavy atom. The molecule has 1 unspecified atom stereocenters. The van der Waals surface area contributed by atoms with Crippen molar-refractivity contribution in [2.75, 3.05) is 59.4 Å². The van der Waals surface area contributed by atoms with Gasteiger partial charge in [0.15, 0.2) is 5.96 Å². The first-order chi connectivity index (χ1) is 12.7. The summed E-state index contributed by atoms with van der Waals surface area (Å²) >= 11 is 0. The maximum Gasteiger partial charge on any atom is 0.190 e. The summed E-state index contributed by atoms with van der Waals surface area (Å²) in [5.74, 6) is 2.77. The smallest absolute Gasteiger partial charge is 0.190 e. The molecule has 0 aromatic carbocycles. The topological polar surface area (TPSA) is 42.9 Å². The number of likely N-dealkylation sites (tertiary alicyclic amines) is 2. The number of nitrogens with zero attached hydrogens (tertiary/aromatic N) is 3. The molecule has 0 saturated carbocycles. The molecule has 152 valence electrons. The minimum atomic E-state index is 0.887. The molecule has 2 N–H and O–H groups in total. The second-order valence-corrected chi connectivity index (χ2v) is 8.56. The summed E-state index contributed by atoms with van der Waals surface area (Å²) in [6.07, 6.45) is 9.23. The largest absolute Gasteiger partial charge is 0.356 e. The zero-order valence-corrected chi connectivity index (χ0v) is 17.6. The number of hydrogen-bond donors (Lipinski definition) is 2. The summed E-state index contributed by atoms with van der Waals surface area (Å²) < 4.78 is 0. The zero-order chi connectivity index (χ0) is 18.6. The van der Waals surface area contributed by atoms with E-state index in [1.165, 1.54) is 84.2 Å². The van der Waals surface area contributed by atoms with Gasteiger partial charge in [0.05, 0.1) is 0 Å². The zero-order valence-electron chi connectivity index (χ0n) is 17.6. The molecule has 2 aliphatic rings. The van der Waals surface area contributed by atoms with Crippen LogP contribution >= 0.6 is 0 Å². The second kappa shape index (κ2) is 12.6. The quantitative estimate of drug-likeness (QED) is 0.375. The van der Waals surface area contributed by atoms with Crippen LogP contribution in [0.3, 0.4) is 0 Å². The first-order valence-electron chi connectivity index (χ1n) is 11.1. The maximum atomic E-state index is 4.35. The van der Waals surface area contributed by atoms with Gasteiger partial charge in [-0.2, -0.15) is 0 Å². The number of rotatable bonds is 9. The Bertz CT molecular complexity index is 390. The van der Waals surface area contributed by atoms with Gasteiger partial charge in [0, 0.05) is 26.7 Å². The number of hydrogen-bond acceptors (Lipinski definition) is 3. The summed E-state index contributed by atoms with van der Waals surface area (Å²) in [5, 5.41) is 6.93. The minimum absolute atomic E-state index is 0.887. The van der Waals surface area contributed by atoms with Gasteiger partial charge in [-0.3, -0.25) is 4.99 Å². The highest BCUT2D eigenvalue weighted by molar-refractivity contribution is 5.79. The van der Waals surface area contributed by atoms with Gasteiger partial charge in [0.2, 0.25) is 0 Å². The number of unbranched alkanes of at least 4 members (excludes halogenated alkanes) is 1. The summed E-state index contributed by atoms with van der Waals surface area (Å²) in [6.45, 7) is 14.4. The molecule has 2 rings (SSSR count). The SMILES string of the molecule is CN=C(NCCCCN1CCCC(C)C1)NCCCN1CCC(C)CC1. The maximum absolute atomic E-state index is 4.35. The molecule has 5 nitrogen and oxygen atoms in total. The Hall–Kier alpha value is -0.810. The van der Waals surface area contributed by atoms with Crippen LogP contribution in [0.5, 0.6) is 0 Å². The van der Waals surface area contributed by atoms with Gasteiger partial charge in [0.25, 0.3) is 0 Å². The van der Waals surface area contributed by atoms with E-state index in [-0.39, 0.29) is 0 Å². The Labute approximate surface area is 162 Å². The summed E-state index contributed by atoms with van der Waals surface area (Å²) in [6, 6.07) is 0. The van der Waals surface area contributed by atoms with Crippen LogP contribution in [0.1, 0.15) is 58.8 Å². The fourth-order valence-corrected chi connectivity index (χ4v) is 4.17. The molecule has 2 fully saturated rings. The van der Waals surface area contributed by atoms with Crippen LogP contribution in [-0.2, 0) is 0 Å². The predicted molar refractivity (Wildman–Crippen MR) is 113 cm³/mol. The molecule has 5 heteroatoms. The summed E-state index contributed by atoms with van der Waals surface area (Å²) in [5.41, 5.74) is 0. The number of guanidine groups is 1. The number of aliphatic imine (C=N–C) groups is 1. The van der Waals surface area contributed by atoms with Crippen LogP contribution in [0.4, 0.5) is 0 Å². The molecular weight excluding hydrogens is 322 g/mol. The molecule has 0 aromatic rings. The molecule has 0 aromatic heterocycles. The molecule has 2 aliphatic heterocycles. The van der Waals surface area contributed by atoms with Gasteiger partial charge < -0.3 is 20.4 Å². The lowest BCUT2D eigenvalue weighted by Crippen LogP contribution is -2.40. The van der Waals surface area contributed by atoms with Crippen molar-refractivity contribution in [3.05, 3.63) is 0 Å². The van der Waals surface area contributed by atoms with Gasteiger partial charge in [-0.15, -0.1) is 0 Å². The molecule has 2 saturated heterocycles. The van der Waals surface area contributed by atoms with Crippen molar-refractivity contribution in [3.63, 3.8) is 0 Å². The molecular formula is C21H43N5. The van der Waals surface area contributed by atoms with E-state index in [9.17, 15) is 0 Å². The third-order valence-electron chi connectivity index (χ3n) is 5.98. The van der Waals surface area contributed by atoms with E-state index in [1.807, 2.05) is 7.05 Å². The standard InChI is InChI=1S/C21H43N5/c1-19-9-16-25(17-10-19)15-7-12-24-21(22-3)23-11-4-5-13-26-14-6-8-20(2)18-26/h19-20H,4-18H2,1-3H3,(H2,22,23,24). The van der Waals surface area contributed by atoms with E-state index < -0.39 is 0 Å². The monoisotopic (exact) mass is 365 g/mol. The molecule has 26 heavy (non-hydrogen) atoms. The van der Waals surface area contributed by atoms with Gasteiger partial charge in [-0.05, 0) is 89.5 Å². The highest BCUT2D eigenvalue weighted by Gasteiger charge is 2.16. The van der Waals surface area contributed by atoms with Crippen LogP contribution in [0, 0.1) is 11.8 Å². The van der Waals surface area contributed by atoms with Gasteiger partial charge in [-0.1, -0.05) is 13.8 Å². The van der Waals surface area contributed by atoms with E-state index in [4.69, 9.17) is 0 Å². The van der Waals surface area contributed by atoms with Crippen LogP contribution in [0.2, 0.25) is 0 Å². The van der Waals surface area contributed by atoms with Gasteiger partial charge in [0.1, 0.15) is 0 Å². The molecule has 0 amide bonds. The van der Waals surface area contributed by atoms with E-state index in [0.29, 0.717) is 0 Å². The lowest BCUT2D eigenvalue weighted by Gasteiger charge is -2.30. The van der Waals surface area contributed by atoms with Crippen molar-refractivity contribution < 1.29 is 0 Å². The Morgan fingerprint density at radius 3 is 2.23 bits per heavy atom. The number of piperidine rings is 2. The number of nitrogens with one attached hydrogen (secondary N) is 2. The van der Waals surface area contributed by atoms with Crippen molar-refractivity contribution in [1.29, 1.82) is 0 Å². The fourth-order valence-electron chi connectivity index (χ4n) is 4.17. The van der Waals surface area contributed by atoms with Gasteiger partial charge in [-0.25, -0.2) is 0 Å². The highest BCUT2D eigenvalue weighted by Crippen LogP contribution is 2.16. The van der Waals surface area contributed by atoms with Crippen molar-refractivity contribution in [2.24, 2.45) is 16.8 Å². The molecule has 0 bridgehead atoms. The lowest BCUT2D eigenvalue weighted by molar-refractivity contribution is 0.181. The van der Waals surface area contributed by atoms with E-state index >= 15 is 0 Å². The van der Waals surface area contributed by atoms with E-state index in [2.05, 4.69) is 39.3 Å². The van der Waals surface area contributed by atoms with Crippen LogP contribution < -0.4 is 10.6 Å². The third-order valence-corrected chi connectivity index (χ3v) is 5.98. The molecule has 0 radical (unpaired) electrons. The molecule has 0 aliphatic carbocycles. The van der Waals surface area contributed by atoms with Crippen molar-refractivity contribution in [1.82, 2.24) is 20.4 Å². The minimum Gasteiger partial charge on any atom is -0.356 e. The van der Waals surface area contributed by atoms with Crippen LogP contribution in [0.25, 0.3) is 0 Å². The average Bonchev–Trinajstić information content (AvgIpc) is 2.64. The fraction of sp³-hybridized carbons (Fsp3) is 0.952. The van der Waals surface area contributed by atoms with E-state index in [0.717, 1.165) is 30.9 Å². The summed E-state index contributed by atoms with van der Waals surface area (Å²) in [4.78, 5) is 9.60. The Morgan fingerprint density at radius 2 is 1.54 bits per heavy atom. The molecule has 0 spiro atoms. The first-order valence-corrected chi connectivity index (χ1v) is 11.1. The van der Waals surface area contributed by atoms with Crippen molar-refractivity contribution in [2.45, 2.75) is 58.8 Å². The van der Waals surface area contributed by atoms with Crippen LogP contribution in [0.15, 0.2) is 4.99 Å². The Balaban J connectivity index is 1.45.